The molecule has 0 fully saturated rings. The number of aromatic nitrogens is 4. The molecule has 0 saturated carbocycles. The van der Waals surface area contributed by atoms with E-state index in [9.17, 15) is 5.11 Å². The molecule has 6 nitrogen and oxygen atoms in total. The van der Waals surface area contributed by atoms with Crippen molar-refractivity contribution in [3.8, 4) is 10.4 Å². The normalized spacial score (nSPS) is 17.2. The third kappa shape index (κ3) is 3.02. The maximum Gasteiger partial charge on any atom is 0.183 e. The van der Waals surface area contributed by atoms with Crippen molar-refractivity contribution in [1.82, 2.24) is 19.6 Å². The van der Waals surface area contributed by atoms with E-state index in [1.807, 2.05) is 22.9 Å². The molecule has 25 heavy (non-hydrogen) atoms. The molecule has 7 heteroatoms. The average Bonchev–Trinajstić information content (AvgIpc) is 3.23. The summed E-state index contributed by atoms with van der Waals surface area (Å²) in [6.07, 6.45) is 12.0. The molecule has 0 amide bonds. The number of hydrogen-bond acceptors (Lipinski definition) is 6. The summed E-state index contributed by atoms with van der Waals surface area (Å²) in [6, 6.07) is 2.43. The first kappa shape index (κ1) is 15.8. The summed E-state index contributed by atoms with van der Waals surface area (Å²) in [7, 11) is 0. The molecule has 4 rings (SSSR count). The Bertz CT molecular complexity index is 969. The van der Waals surface area contributed by atoms with Gasteiger partial charge in [0.2, 0.25) is 0 Å². The second-order valence-corrected chi connectivity index (χ2v) is 7.41. The third-order valence-electron chi connectivity index (χ3n) is 4.13. The number of anilines is 1. The number of hydrogen-bond donors (Lipinski definition) is 2. The van der Waals surface area contributed by atoms with Crippen molar-refractivity contribution in [2.45, 2.75) is 32.2 Å². The van der Waals surface area contributed by atoms with Crippen LogP contribution in [0.4, 0.5) is 5.13 Å². The van der Waals surface area contributed by atoms with E-state index in [2.05, 4.69) is 46.5 Å². The van der Waals surface area contributed by atoms with E-state index in [0.717, 1.165) is 33.2 Å². The van der Waals surface area contributed by atoms with Gasteiger partial charge in [-0.1, -0.05) is 23.5 Å². The monoisotopic (exact) mass is 353 g/mol. The van der Waals surface area contributed by atoms with Gasteiger partial charge in [-0.05, 0) is 32.4 Å². The molecule has 1 atom stereocenters. The molecule has 2 N–H and O–H groups in total. The Morgan fingerprint density at radius 3 is 3.08 bits per heavy atom. The summed E-state index contributed by atoms with van der Waals surface area (Å²) in [5, 5.41) is 22.8. The number of pyridine rings is 1. The van der Waals surface area contributed by atoms with Gasteiger partial charge in [0, 0.05) is 35.5 Å². The van der Waals surface area contributed by atoms with Gasteiger partial charge in [0.05, 0.1) is 4.88 Å². The van der Waals surface area contributed by atoms with Crippen LogP contribution in [0.15, 0.2) is 48.8 Å². The Labute approximate surface area is 149 Å². The van der Waals surface area contributed by atoms with Crippen LogP contribution in [-0.4, -0.2) is 30.7 Å². The molecule has 0 radical (unpaired) electrons. The Hall–Kier alpha value is -2.67. The lowest BCUT2D eigenvalue weighted by atomic mass is 9.90. The van der Waals surface area contributed by atoms with Crippen molar-refractivity contribution in [2.75, 3.05) is 5.32 Å². The van der Waals surface area contributed by atoms with Crippen molar-refractivity contribution in [2.24, 2.45) is 0 Å². The van der Waals surface area contributed by atoms with Crippen LogP contribution in [0.2, 0.25) is 0 Å². The van der Waals surface area contributed by atoms with Gasteiger partial charge in [-0.2, -0.15) is 0 Å². The van der Waals surface area contributed by atoms with Crippen LogP contribution in [0.5, 0.6) is 0 Å². The number of allylic oxidation sites excluding steroid dienone is 4. The molecule has 0 spiro atoms. The van der Waals surface area contributed by atoms with E-state index < -0.39 is 0 Å². The summed E-state index contributed by atoms with van der Waals surface area (Å²) in [5.74, 6) is 0.258. The predicted octanol–water partition coefficient (Wildman–Crippen LogP) is 4.16. The SMILES string of the molecule is CC(C)Nc1ncc(-c2cc([C@@H]3CC=CC=C3O)c3nncn3c2)s1. The van der Waals surface area contributed by atoms with Crippen molar-refractivity contribution < 1.29 is 5.11 Å². The van der Waals surface area contributed by atoms with Gasteiger partial charge >= 0.3 is 0 Å². The number of aliphatic hydroxyl groups is 1. The predicted molar refractivity (Wildman–Crippen MR) is 100 cm³/mol. The number of fused-ring (bicyclic) bond motifs is 1. The van der Waals surface area contributed by atoms with Gasteiger partial charge in [-0.3, -0.25) is 4.40 Å². The lowest BCUT2D eigenvalue weighted by Crippen LogP contribution is -2.08. The van der Waals surface area contributed by atoms with E-state index in [-0.39, 0.29) is 5.92 Å². The van der Waals surface area contributed by atoms with E-state index in [1.165, 1.54) is 0 Å². The minimum Gasteiger partial charge on any atom is -0.512 e. The van der Waals surface area contributed by atoms with Crippen LogP contribution >= 0.6 is 11.3 Å². The summed E-state index contributed by atoms with van der Waals surface area (Å²) >= 11 is 1.61. The van der Waals surface area contributed by atoms with Crippen LogP contribution in [0.1, 0.15) is 31.7 Å². The first-order valence-electron chi connectivity index (χ1n) is 8.23. The van der Waals surface area contributed by atoms with Gasteiger partial charge in [-0.15, -0.1) is 10.2 Å². The highest BCUT2D eigenvalue weighted by molar-refractivity contribution is 7.18. The minimum atomic E-state index is -0.0992. The van der Waals surface area contributed by atoms with Gasteiger partial charge in [0.25, 0.3) is 0 Å². The Balaban J connectivity index is 1.79. The maximum absolute atomic E-state index is 10.3. The number of thiazole rings is 1. The van der Waals surface area contributed by atoms with Crippen LogP contribution in [0, 0.1) is 0 Å². The average molecular weight is 353 g/mol. The largest absolute Gasteiger partial charge is 0.512 e. The Kier molecular flexibility index (Phi) is 4.01. The van der Waals surface area contributed by atoms with E-state index >= 15 is 0 Å². The van der Waals surface area contributed by atoms with Crippen molar-refractivity contribution in [3.63, 3.8) is 0 Å². The first-order valence-corrected chi connectivity index (χ1v) is 9.05. The van der Waals surface area contributed by atoms with E-state index in [0.29, 0.717) is 11.8 Å². The van der Waals surface area contributed by atoms with Crippen molar-refractivity contribution in [1.29, 1.82) is 0 Å². The van der Waals surface area contributed by atoms with Gasteiger partial charge in [0.15, 0.2) is 10.8 Å². The lowest BCUT2D eigenvalue weighted by Gasteiger charge is -2.18. The van der Waals surface area contributed by atoms with E-state index in [4.69, 9.17) is 0 Å². The summed E-state index contributed by atoms with van der Waals surface area (Å²) in [5.41, 5.74) is 2.79. The quantitative estimate of drug-likeness (QED) is 0.737. The molecule has 0 aliphatic heterocycles. The Morgan fingerprint density at radius 2 is 2.28 bits per heavy atom. The number of aliphatic hydroxyl groups excluding tert-OH is 1. The zero-order valence-electron chi connectivity index (χ0n) is 14.0. The standard InChI is InChI=1S/C18H19N5OS/c1-11(2)21-18-19-8-16(25-18)12-7-14(13-5-3-4-6-15(13)24)17-22-20-10-23(17)9-12/h3-4,6-11,13,24H,5H2,1-2H3,(H,19,21)/t13-/m0/s1. The summed E-state index contributed by atoms with van der Waals surface area (Å²) in [4.78, 5) is 5.52. The fourth-order valence-electron chi connectivity index (χ4n) is 2.98. The summed E-state index contributed by atoms with van der Waals surface area (Å²) in [6.45, 7) is 4.18. The fourth-order valence-corrected chi connectivity index (χ4v) is 3.92. The number of rotatable bonds is 4. The molecular weight excluding hydrogens is 334 g/mol. The van der Waals surface area contributed by atoms with Crippen LogP contribution < -0.4 is 5.32 Å². The third-order valence-corrected chi connectivity index (χ3v) is 5.11. The van der Waals surface area contributed by atoms with Gasteiger partial charge < -0.3 is 10.4 Å². The smallest absolute Gasteiger partial charge is 0.183 e. The lowest BCUT2D eigenvalue weighted by molar-refractivity contribution is 0.365. The summed E-state index contributed by atoms with van der Waals surface area (Å²) < 4.78 is 1.91. The number of nitrogens with zero attached hydrogens (tertiary/aromatic N) is 4. The molecule has 0 saturated heterocycles. The fraction of sp³-hybridized carbons (Fsp3) is 0.278. The zero-order chi connectivity index (χ0) is 17.4. The first-order chi connectivity index (χ1) is 12.1. The maximum atomic E-state index is 10.3. The van der Waals surface area contributed by atoms with Crippen molar-refractivity contribution in [3.05, 3.63) is 54.3 Å². The molecule has 1 aliphatic rings. The van der Waals surface area contributed by atoms with Crippen molar-refractivity contribution >= 4 is 22.1 Å². The van der Waals surface area contributed by atoms with Gasteiger partial charge in [-0.25, -0.2) is 4.98 Å². The second-order valence-electron chi connectivity index (χ2n) is 6.38. The molecule has 0 unspecified atom stereocenters. The minimum absolute atomic E-state index is 0.0992. The van der Waals surface area contributed by atoms with E-state index in [1.54, 1.807) is 23.7 Å². The van der Waals surface area contributed by atoms with Crippen LogP contribution in [0.25, 0.3) is 16.1 Å². The highest BCUT2D eigenvalue weighted by Gasteiger charge is 2.22. The molecule has 0 bridgehead atoms. The number of nitrogens with one attached hydrogen (secondary N) is 1. The van der Waals surface area contributed by atoms with Crippen LogP contribution in [-0.2, 0) is 0 Å². The molecule has 0 aromatic carbocycles. The topological polar surface area (TPSA) is 75.3 Å². The molecule has 3 heterocycles. The molecule has 1 aliphatic carbocycles. The zero-order valence-corrected chi connectivity index (χ0v) is 14.9. The highest BCUT2D eigenvalue weighted by atomic mass is 32.1. The molecule has 3 aromatic heterocycles. The Morgan fingerprint density at radius 1 is 1.40 bits per heavy atom. The molecule has 128 valence electrons. The second kappa shape index (κ2) is 6.33. The highest BCUT2D eigenvalue weighted by Crippen LogP contribution is 2.36. The molecular formula is C18H19N5OS. The van der Waals surface area contributed by atoms with Gasteiger partial charge in [0.1, 0.15) is 12.1 Å². The molecule has 3 aromatic rings. The van der Waals surface area contributed by atoms with Crippen LogP contribution in [0.3, 0.4) is 0 Å².